The topological polar surface area (TPSA) is 15.3 Å². The van der Waals surface area contributed by atoms with Crippen LogP contribution in [-0.4, -0.2) is 30.1 Å². The van der Waals surface area contributed by atoms with Crippen LogP contribution in [0.1, 0.15) is 26.7 Å². The van der Waals surface area contributed by atoms with Crippen LogP contribution in [0.4, 0.5) is 5.69 Å². The van der Waals surface area contributed by atoms with Crippen LogP contribution >= 0.6 is 0 Å². The first kappa shape index (κ1) is 14.1. The number of benzene rings is 1. The molecule has 1 N–H and O–H groups in total. The summed E-state index contributed by atoms with van der Waals surface area (Å²) < 4.78 is 0. The molecule has 0 unspecified atom stereocenters. The molecule has 0 spiro atoms. The van der Waals surface area contributed by atoms with Crippen molar-refractivity contribution >= 4 is 5.69 Å². The van der Waals surface area contributed by atoms with Crippen molar-refractivity contribution in [3.63, 3.8) is 0 Å². The predicted octanol–water partition coefficient (Wildman–Crippen LogP) is 3.77. The molecule has 1 heterocycles. The molecule has 0 aromatic heterocycles. The van der Waals surface area contributed by atoms with Gasteiger partial charge in [-0.2, -0.15) is 0 Å². The third-order valence-corrected chi connectivity index (χ3v) is 4.59. The van der Waals surface area contributed by atoms with E-state index >= 15 is 0 Å². The summed E-state index contributed by atoms with van der Waals surface area (Å²) in [6.45, 7) is 9.77. The SMILES string of the molecule is C=CC[C@@]1(Nc2ccccc2)C[C@H](C)N(C)C[C@@H]1C. The minimum atomic E-state index is 0.134. The lowest BCUT2D eigenvalue weighted by atomic mass is 9.73. The highest BCUT2D eigenvalue weighted by Gasteiger charge is 2.41. The predicted molar refractivity (Wildman–Crippen MR) is 83.5 cm³/mol. The van der Waals surface area contributed by atoms with Crippen molar-refractivity contribution in [1.29, 1.82) is 0 Å². The zero-order valence-electron chi connectivity index (χ0n) is 12.4. The Balaban J connectivity index is 2.24. The van der Waals surface area contributed by atoms with Gasteiger partial charge >= 0.3 is 0 Å². The van der Waals surface area contributed by atoms with E-state index < -0.39 is 0 Å². The van der Waals surface area contributed by atoms with Gasteiger partial charge in [0.2, 0.25) is 0 Å². The molecule has 3 atom stereocenters. The second-order valence-corrected chi connectivity index (χ2v) is 6.03. The van der Waals surface area contributed by atoms with Crippen molar-refractivity contribution in [3.05, 3.63) is 43.0 Å². The van der Waals surface area contributed by atoms with Gasteiger partial charge in [0, 0.05) is 23.8 Å². The van der Waals surface area contributed by atoms with Gasteiger partial charge < -0.3 is 10.2 Å². The van der Waals surface area contributed by atoms with Gasteiger partial charge in [0.05, 0.1) is 0 Å². The van der Waals surface area contributed by atoms with Crippen LogP contribution in [0.3, 0.4) is 0 Å². The summed E-state index contributed by atoms with van der Waals surface area (Å²) in [4.78, 5) is 2.46. The van der Waals surface area contributed by atoms with Crippen molar-refractivity contribution in [1.82, 2.24) is 4.90 Å². The number of anilines is 1. The fourth-order valence-corrected chi connectivity index (χ4v) is 3.25. The van der Waals surface area contributed by atoms with Crippen LogP contribution in [0.5, 0.6) is 0 Å². The van der Waals surface area contributed by atoms with Gasteiger partial charge in [0.15, 0.2) is 0 Å². The summed E-state index contributed by atoms with van der Waals surface area (Å²) >= 11 is 0. The van der Waals surface area contributed by atoms with Crippen LogP contribution in [0, 0.1) is 5.92 Å². The van der Waals surface area contributed by atoms with Crippen LogP contribution in [-0.2, 0) is 0 Å². The van der Waals surface area contributed by atoms with Gasteiger partial charge in [-0.05, 0) is 44.9 Å². The third kappa shape index (κ3) is 3.01. The molecule has 1 aliphatic heterocycles. The van der Waals surface area contributed by atoms with Gasteiger partial charge in [-0.1, -0.05) is 31.2 Å². The number of nitrogens with zero attached hydrogens (tertiary/aromatic N) is 1. The molecule has 1 aromatic rings. The van der Waals surface area contributed by atoms with E-state index in [0.29, 0.717) is 12.0 Å². The maximum absolute atomic E-state index is 3.97. The number of likely N-dealkylation sites (tertiary alicyclic amines) is 1. The standard InChI is InChI=1S/C17H26N2/c1-5-11-17(18-16-9-7-6-8-10-16)12-15(3)19(4)13-14(17)2/h5-10,14-15,18H,1,11-13H2,2-4H3/t14-,15-,17+/m0/s1. The van der Waals surface area contributed by atoms with E-state index in [9.17, 15) is 0 Å². The Hall–Kier alpha value is -1.28. The Morgan fingerprint density at radius 2 is 2.05 bits per heavy atom. The van der Waals surface area contributed by atoms with E-state index in [1.54, 1.807) is 0 Å². The zero-order valence-corrected chi connectivity index (χ0v) is 12.4. The molecule has 2 rings (SSSR count). The van der Waals surface area contributed by atoms with Crippen LogP contribution in [0.25, 0.3) is 0 Å². The molecule has 1 fully saturated rings. The lowest BCUT2D eigenvalue weighted by Gasteiger charge is -2.49. The van der Waals surface area contributed by atoms with Crippen LogP contribution < -0.4 is 5.32 Å². The summed E-state index contributed by atoms with van der Waals surface area (Å²) in [5.41, 5.74) is 1.35. The average molecular weight is 258 g/mol. The van der Waals surface area contributed by atoms with Gasteiger partial charge in [-0.15, -0.1) is 6.58 Å². The summed E-state index contributed by atoms with van der Waals surface area (Å²) in [5.74, 6) is 0.604. The molecule has 2 nitrogen and oxygen atoms in total. The molecule has 1 saturated heterocycles. The summed E-state index contributed by atoms with van der Waals surface area (Å²) in [7, 11) is 2.22. The maximum atomic E-state index is 3.97. The van der Waals surface area contributed by atoms with E-state index in [2.05, 4.69) is 74.1 Å². The molecular weight excluding hydrogens is 232 g/mol. The van der Waals surface area contributed by atoms with E-state index in [1.165, 1.54) is 5.69 Å². The van der Waals surface area contributed by atoms with E-state index in [-0.39, 0.29) is 5.54 Å². The molecule has 0 amide bonds. The average Bonchev–Trinajstić information content (AvgIpc) is 2.38. The highest BCUT2D eigenvalue weighted by atomic mass is 15.2. The van der Waals surface area contributed by atoms with Gasteiger partial charge in [-0.25, -0.2) is 0 Å². The summed E-state index contributed by atoms with van der Waals surface area (Å²) in [6.07, 6.45) is 4.23. The molecule has 1 aromatic carbocycles. The molecule has 104 valence electrons. The molecule has 19 heavy (non-hydrogen) atoms. The zero-order chi connectivity index (χ0) is 13.9. The highest BCUT2D eigenvalue weighted by Crippen LogP contribution is 2.37. The quantitative estimate of drug-likeness (QED) is 0.827. The van der Waals surface area contributed by atoms with Crippen molar-refractivity contribution in [3.8, 4) is 0 Å². The smallest absolute Gasteiger partial charge is 0.0460 e. The van der Waals surface area contributed by atoms with Crippen molar-refractivity contribution in [2.45, 2.75) is 38.3 Å². The normalized spacial score (nSPS) is 31.9. The monoisotopic (exact) mass is 258 g/mol. The Morgan fingerprint density at radius 3 is 2.68 bits per heavy atom. The van der Waals surface area contributed by atoms with E-state index in [1.807, 2.05) is 0 Å². The van der Waals surface area contributed by atoms with E-state index in [4.69, 9.17) is 0 Å². The minimum Gasteiger partial charge on any atom is -0.379 e. The Labute approximate surface area is 117 Å². The molecule has 0 radical (unpaired) electrons. The van der Waals surface area contributed by atoms with Gasteiger partial charge in [0.1, 0.15) is 0 Å². The molecule has 0 aliphatic carbocycles. The number of hydrogen-bond donors (Lipinski definition) is 1. The number of rotatable bonds is 4. The van der Waals surface area contributed by atoms with E-state index in [0.717, 1.165) is 19.4 Å². The van der Waals surface area contributed by atoms with Crippen LogP contribution in [0.2, 0.25) is 0 Å². The molecule has 0 bridgehead atoms. The molecular formula is C17H26N2. The fraction of sp³-hybridized carbons (Fsp3) is 0.529. The van der Waals surface area contributed by atoms with Gasteiger partial charge in [-0.3, -0.25) is 0 Å². The minimum absolute atomic E-state index is 0.134. The lowest BCUT2D eigenvalue weighted by molar-refractivity contribution is 0.0928. The second-order valence-electron chi connectivity index (χ2n) is 6.03. The summed E-state index contributed by atoms with van der Waals surface area (Å²) in [5, 5.41) is 3.80. The lowest BCUT2D eigenvalue weighted by Crippen LogP contribution is -2.57. The fourth-order valence-electron chi connectivity index (χ4n) is 3.25. The Bertz CT molecular complexity index is 415. The number of nitrogens with one attached hydrogen (secondary N) is 1. The Kier molecular flexibility index (Phi) is 4.31. The number of hydrogen-bond acceptors (Lipinski definition) is 2. The highest BCUT2D eigenvalue weighted by molar-refractivity contribution is 5.46. The largest absolute Gasteiger partial charge is 0.379 e. The number of para-hydroxylation sites is 1. The summed E-state index contributed by atoms with van der Waals surface area (Å²) in [6, 6.07) is 11.2. The Morgan fingerprint density at radius 1 is 1.37 bits per heavy atom. The van der Waals surface area contributed by atoms with Crippen LogP contribution in [0.15, 0.2) is 43.0 Å². The molecule has 0 saturated carbocycles. The van der Waals surface area contributed by atoms with Crippen molar-refractivity contribution in [2.24, 2.45) is 5.92 Å². The van der Waals surface area contributed by atoms with Gasteiger partial charge in [0.25, 0.3) is 0 Å². The molecule has 2 heteroatoms. The number of piperidine rings is 1. The first-order chi connectivity index (χ1) is 9.07. The van der Waals surface area contributed by atoms with Crippen molar-refractivity contribution < 1.29 is 0 Å². The first-order valence-corrected chi connectivity index (χ1v) is 7.22. The second kappa shape index (κ2) is 5.79. The third-order valence-electron chi connectivity index (χ3n) is 4.59. The first-order valence-electron chi connectivity index (χ1n) is 7.22. The molecule has 1 aliphatic rings. The maximum Gasteiger partial charge on any atom is 0.0460 e. The van der Waals surface area contributed by atoms with Crippen molar-refractivity contribution in [2.75, 3.05) is 18.9 Å².